The number of nitrogens with one attached hydrogen (secondary N) is 1. The Bertz CT molecular complexity index is 313. The van der Waals surface area contributed by atoms with E-state index in [1.54, 1.807) is 0 Å². The van der Waals surface area contributed by atoms with E-state index in [1.165, 1.54) is 11.4 Å². The summed E-state index contributed by atoms with van der Waals surface area (Å²) in [6.45, 7) is 6.64. The molecule has 2 aliphatic heterocycles. The van der Waals surface area contributed by atoms with Crippen molar-refractivity contribution in [2.75, 3.05) is 0 Å². The van der Waals surface area contributed by atoms with Crippen LogP contribution in [0.4, 0.5) is 0 Å². The zero-order chi connectivity index (χ0) is 10.2. The van der Waals surface area contributed by atoms with Gasteiger partial charge in [-0.15, -0.1) is 0 Å². The number of nitrogens with zero attached hydrogens (tertiary/aromatic N) is 1. The van der Waals surface area contributed by atoms with E-state index in [1.807, 2.05) is 6.20 Å². The van der Waals surface area contributed by atoms with E-state index in [-0.39, 0.29) is 5.41 Å². The molecule has 1 N–H and O–H groups in total. The number of aliphatic imine (C=N–C) groups is 1. The van der Waals surface area contributed by atoms with E-state index in [0.717, 1.165) is 12.8 Å². The van der Waals surface area contributed by atoms with Gasteiger partial charge >= 0.3 is 0 Å². The van der Waals surface area contributed by atoms with Gasteiger partial charge in [-0.3, -0.25) is 4.99 Å². The molecule has 0 aromatic carbocycles. The van der Waals surface area contributed by atoms with Crippen molar-refractivity contribution in [2.24, 2.45) is 10.4 Å². The molecule has 2 rings (SSSR count). The Morgan fingerprint density at radius 3 is 2.86 bits per heavy atom. The third kappa shape index (κ3) is 1.74. The van der Waals surface area contributed by atoms with E-state index in [9.17, 15) is 0 Å². The molecule has 2 heterocycles. The lowest BCUT2D eigenvalue weighted by molar-refractivity contribution is 0.479. The van der Waals surface area contributed by atoms with Gasteiger partial charge in [0.15, 0.2) is 0 Å². The summed E-state index contributed by atoms with van der Waals surface area (Å²) >= 11 is 0. The molecule has 2 nitrogen and oxygen atoms in total. The summed E-state index contributed by atoms with van der Waals surface area (Å²) < 4.78 is 0. The van der Waals surface area contributed by atoms with Gasteiger partial charge in [-0.2, -0.15) is 0 Å². The van der Waals surface area contributed by atoms with Crippen molar-refractivity contribution in [2.45, 2.75) is 39.7 Å². The van der Waals surface area contributed by atoms with Crippen molar-refractivity contribution in [3.05, 3.63) is 24.0 Å². The Kier molecular flexibility index (Phi) is 2.22. The Hall–Kier alpha value is -1.05. The van der Waals surface area contributed by atoms with Crippen molar-refractivity contribution in [1.82, 2.24) is 5.32 Å². The maximum atomic E-state index is 4.61. The standard InChI is InChI=1S/C12H18N2/c1-9-8-12(2,3)11(14-9)7-10-5-4-6-13-10/h4,6-7,10,13H,5,8H2,1-3H3/b11-7-. The van der Waals surface area contributed by atoms with Crippen molar-refractivity contribution in [1.29, 1.82) is 0 Å². The minimum atomic E-state index is 0.231. The largest absolute Gasteiger partial charge is 0.385 e. The van der Waals surface area contributed by atoms with Crippen LogP contribution in [-0.4, -0.2) is 11.8 Å². The number of hydrogen-bond donors (Lipinski definition) is 1. The first-order valence-electron chi connectivity index (χ1n) is 5.25. The molecule has 0 saturated carbocycles. The molecule has 0 spiro atoms. The molecule has 2 heteroatoms. The normalized spacial score (nSPS) is 32.1. The van der Waals surface area contributed by atoms with Gasteiger partial charge in [-0.05, 0) is 32.0 Å². The zero-order valence-corrected chi connectivity index (χ0v) is 9.17. The predicted molar refractivity (Wildman–Crippen MR) is 60.3 cm³/mol. The molecule has 0 aliphatic carbocycles. The first kappa shape index (κ1) is 9.50. The summed E-state index contributed by atoms with van der Waals surface area (Å²) in [5, 5.41) is 3.31. The second-order valence-corrected chi connectivity index (χ2v) is 4.87. The van der Waals surface area contributed by atoms with E-state index in [0.29, 0.717) is 6.04 Å². The Labute approximate surface area is 85.8 Å². The molecular weight excluding hydrogens is 172 g/mol. The Morgan fingerprint density at radius 2 is 2.36 bits per heavy atom. The highest BCUT2D eigenvalue weighted by Crippen LogP contribution is 2.37. The van der Waals surface area contributed by atoms with Crippen LogP contribution in [0, 0.1) is 5.41 Å². The quantitative estimate of drug-likeness (QED) is 0.675. The lowest BCUT2D eigenvalue weighted by Gasteiger charge is -2.19. The van der Waals surface area contributed by atoms with Crippen molar-refractivity contribution < 1.29 is 0 Å². The fourth-order valence-electron chi connectivity index (χ4n) is 2.17. The van der Waals surface area contributed by atoms with Gasteiger partial charge in [-0.25, -0.2) is 0 Å². The first-order valence-corrected chi connectivity index (χ1v) is 5.25. The van der Waals surface area contributed by atoms with Crippen LogP contribution in [0.25, 0.3) is 0 Å². The van der Waals surface area contributed by atoms with Crippen LogP contribution in [-0.2, 0) is 0 Å². The van der Waals surface area contributed by atoms with Crippen LogP contribution < -0.4 is 5.32 Å². The lowest BCUT2D eigenvalue weighted by atomic mass is 9.86. The highest BCUT2D eigenvalue weighted by Gasteiger charge is 2.30. The molecule has 1 unspecified atom stereocenters. The highest BCUT2D eigenvalue weighted by molar-refractivity contribution is 5.86. The highest BCUT2D eigenvalue weighted by atomic mass is 14.9. The molecule has 2 aliphatic rings. The van der Waals surface area contributed by atoms with Gasteiger partial charge in [0.25, 0.3) is 0 Å². The zero-order valence-electron chi connectivity index (χ0n) is 9.17. The number of hydrogen-bond acceptors (Lipinski definition) is 2. The Balaban J connectivity index is 2.16. The summed E-state index contributed by atoms with van der Waals surface area (Å²) in [7, 11) is 0. The minimum absolute atomic E-state index is 0.231. The minimum Gasteiger partial charge on any atom is -0.385 e. The number of allylic oxidation sites excluding steroid dienone is 1. The van der Waals surface area contributed by atoms with Crippen LogP contribution in [0.2, 0.25) is 0 Å². The smallest absolute Gasteiger partial charge is 0.0494 e. The van der Waals surface area contributed by atoms with Crippen LogP contribution in [0.3, 0.4) is 0 Å². The topological polar surface area (TPSA) is 24.4 Å². The molecule has 0 bridgehead atoms. The molecular formula is C12H18N2. The van der Waals surface area contributed by atoms with Crippen molar-refractivity contribution in [3.8, 4) is 0 Å². The summed E-state index contributed by atoms with van der Waals surface area (Å²) in [6.07, 6.45) is 8.66. The van der Waals surface area contributed by atoms with E-state index >= 15 is 0 Å². The van der Waals surface area contributed by atoms with Gasteiger partial charge in [0, 0.05) is 22.9 Å². The van der Waals surface area contributed by atoms with Crippen molar-refractivity contribution >= 4 is 5.71 Å². The molecule has 0 saturated heterocycles. The van der Waals surface area contributed by atoms with Gasteiger partial charge in [0.2, 0.25) is 0 Å². The molecule has 0 amide bonds. The molecule has 14 heavy (non-hydrogen) atoms. The first-order chi connectivity index (χ1) is 6.58. The van der Waals surface area contributed by atoms with E-state index in [2.05, 4.69) is 43.2 Å². The molecule has 0 aromatic rings. The molecule has 0 fully saturated rings. The summed E-state index contributed by atoms with van der Waals surface area (Å²) in [5.74, 6) is 0. The average molecular weight is 190 g/mol. The molecule has 76 valence electrons. The summed E-state index contributed by atoms with van der Waals surface area (Å²) in [5.41, 5.74) is 2.73. The van der Waals surface area contributed by atoms with E-state index in [4.69, 9.17) is 0 Å². The fourth-order valence-corrected chi connectivity index (χ4v) is 2.17. The molecule has 0 aromatic heterocycles. The molecule has 0 radical (unpaired) electrons. The maximum Gasteiger partial charge on any atom is 0.0494 e. The average Bonchev–Trinajstić information content (AvgIpc) is 2.61. The van der Waals surface area contributed by atoms with E-state index < -0.39 is 0 Å². The van der Waals surface area contributed by atoms with Gasteiger partial charge in [0.05, 0.1) is 0 Å². The lowest BCUT2D eigenvalue weighted by Crippen LogP contribution is -2.19. The van der Waals surface area contributed by atoms with Gasteiger partial charge in [-0.1, -0.05) is 19.9 Å². The monoisotopic (exact) mass is 190 g/mol. The predicted octanol–water partition coefficient (Wildman–Crippen LogP) is 2.64. The summed E-state index contributed by atoms with van der Waals surface area (Å²) in [4.78, 5) is 4.61. The van der Waals surface area contributed by atoms with Gasteiger partial charge in [0.1, 0.15) is 0 Å². The fraction of sp³-hybridized carbons (Fsp3) is 0.583. The maximum absolute atomic E-state index is 4.61. The van der Waals surface area contributed by atoms with Crippen LogP contribution in [0.1, 0.15) is 33.6 Å². The second kappa shape index (κ2) is 3.26. The molecule has 1 atom stereocenters. The number of rotatable bonds is 1. The summed E-state index contributed by atoms with van der Waals surface area (Å²) in [6, 6.07) is 0.457. The third-order valence-corrected chi connectivity index (χ3v) is 2.88. The van der Waals surface area contributed by atoms with Gasteiger partial charge < -0.3 is 5.32 Å². The van der Waals surface area contributed by atoms with Crippen LogP contribution in [0.15, 0.2) is 29.0 Å². The van der Waals surface area contributed by atoms with Crippen LogP contribution >= 0.6 is 0 Å². The third-order valence-electron chi connectivity index (χ3n) is 2.88. The van der Waals surface area contributed by atoms with Crippen molar-refractivity contribution in [3.63, 3.8) is 0 Å². The SMILES string of the molecule is CC1=N/C(=C\C2CC=CN2)C(C)(C)C1. The van der Waals surface area contributed by atoms with Crippen LogP contribution in [0.5, 0.6) is 0 Å². The Morgan fingerprint density at radius 1 is 1.57 bits per heavy atom. The second-order valence-electron chi connectivity index (χ2n) is 4.87.